The van der Waals surface area contributed by atoms with Crippen molar-refractivity contribution in [2.24, 2.45) is 0 Å². The van der Waals surface area contributed by atoms with Gasteiger partial charge in [0.05, 0.1) is 16.3 Å². The zero-order valence-corrected chi connectivity index (χ0v) is 18.6. The van der Waals surface area contributed by atoms with Crippen LogP contribution in [0.15, 0.2) is 36.4 Å². The van der Waals surface area contributed by atoms with Crippen LogP contribution in [0.1, 0.15) is 38.8 Å². The molecular weight excluding hydrogens is 380 g/mol. The monoisotopic (exact) mass is 416 g/mol. The van der Waals surface area contributed by atoms with Gasteiger partial charge in [0.25, 0.3) is 5.69 Å². The van der Waals surface area contributed by atoms with Crippen molar-refractivity contribution in [1.29, 1.82) is 0 Å². The van der Waals surface area contributed by atoms with Gasteiger partial charge in [0.15, 0.2) is 0 Å². The lowest BCUT2D eigenvalue weighted by Gasteiger charge is -2.19. The van der Waals surface area contributed by atoms with Crippen LogP contribution in [0.5, 0.6) is 0 Å². The third kappa shape index (κ3) is 7.20. The van der Waals surface area contributed by atoms with E-state index in [0.29, 0.717) is 12.2 Å². The van der Waals surface area contributed by atoms with Crippen molar-refractivity contribution in [3.05, 3.63) is 57.6 Å². The highest BCUT2D eigenvalue weighted by Gasteiger charge is 2.15. The molecule has 2 aromatic carbocycles. The van der Waals surface area contributed by atoms with E-state index in [-0.39, 0.29) is 11.4 Å². The number of nitro groups is 1. The maximum Gasteiger partial charge on any atom is 0.292 e. The number of rotatable bonds is 9. The van der Waals surface area contributed by atoms with E-state index in [4.69, 9.17) is 17.2 Å². The Kier molecular flexibility index (Phi) is 10.6. The van der Waals surface area contributed by atoms with Gasteiger partial charge in [-0.15, -0.1) is 0 Å². The first kappa shape index (κ1) is 25.2. The number of nitro benzene ring substituents is 1. The Labute approximate surface area is 179 Å². The fourth-order valence-electron chi connectivity index (χ4n) is 3.04. The average Bonchev–Trinajstić information content (AvgIpc) is 2.74. The standard InChI is InChI=1S/C11H17N3O2.C11H19N3/c1-3-13(4-2)8-9-6-5-7-10(11(9)12)14(15)16;1-3-14(4-2)8-9-6-5-7-10(12)11(9)13/h5-7H,3-4,8,12H2,1-2H3;5-7H,3-4,8,12-13H2,1-2H3. The molecule has 0 saturated carbocycles. The molecule has 0 saturated heterocycles. The Morgan fingerprint density at radius 1 is 0.767 bits per heavy atom. The molecule has 0 unspecified atom stereocenters. The van der Waals surface area contributed by atoms with Gasteiger partial charge in [0, 0.05) is 19.2 Å². The summed E-state index contributed by atoms with van der Waals surface area (Å²) in [6, 6.07) is 10.8. The van der Waals surface area contributed by atoms with Gasteiger partial charge in [-0.3, -0.25) is 19.9 Å². The van der Waals surface area contributed by atoms with E-state index in [1.165, 1.54) is 6.07 Å². The van der Waals surface area contributed by atoms with E-state index < -0.39 is 4.92 Å². The number of nitrogens with zero attached hydrogens (tertiary/aromatic N) is 3. The van der Waals surface area contributed by atoms with E-state index >= 15 is 0 Å². The lowest BCUT2D eigenvalue weighted by atomic mass is 10.1. The van der Waals surface area contributed by atoms with E-state index in [1.54, 1.807) is 6.07 Å². The van der Waals surface area contributed by atoms with Gasteiger partial charge in [-0.1, -0.05) is 52.0 Å². The molecule has 0 aliphatic carbocycles. The van der Waals surface area contributed by atoms with Crippen molar-refractivity contribution < 1.29 is 4.92 Å². The van der Waals surface area contributed by atoms with E-state index in [1.807, 2.05) is 24.3 Å². The molecule has 0 atom stereocenters. The molecule has 0 fully saturated rings. The van der Waals surface area contributed by atoms with Gasteiger partial charge >= 0.3 is 0 Å². The summed E-state index contributed by atoms with van der Waals surface area (Å²) >= 11 is 0. The third-order valence-electron chi connectivity index (χ3n) is 5.18. The number of hydrogen-bond acceptors (Lipinski definition) is 7. The van der Waals surface area contributed by atoms with E-state index in [0.717, 1.165) is 49.5 Å². The van der Waals surface area contributed by atoms with Crippen LogP contribution in [0.2, 0.25) is 0 Å². The van der Waals surface area contributed by atoms with Crippen LogP contribution in [0.3, 0.4) is 0 Å². The zero-order valence-electron chi connectivity index (χ0n) is 18.6. The highest BCUT2D eigenvalue weighted by molar-refractivity contribution is 5.67. The number of benzene rings is 2. The Bertz CT molecular complexity index is 804. The predicted octanol–water partition coefficient (Wildman–Crippen LogP) is 3.71. The van der Waals surface area contributed by atoms with Crippen molar-refractivity contribution >= 4 is 22.7 Å². The first-order chi connectivity index (χ1) is 14.3. The van der Waals surface area contributed by atoms with Crippen LogP contribution in [0, 0.1) is 10.1 Å². The fraction of sp³-hybridized carbons (Fsp3) is 0.455. The largest absolute Gasteiger partial charge is 0.397 e. The summed E-state index contributed by atoms with van der Waals surface area (Å²) in [4.78, 5) is 14.7. The molecule has 0 aliphatic heterocycles. The second kappa shape index (κ2) is 12.7. The van der Waals surface area contributed by atoms with Crippen molar-refractivity contribution in [3.8, 4) is 0 Å². The molecule has 8 heteroatoms. The van der Waals surface area contributed by atoms with Gasteiger partial charge in [-0.25, -0.2) is 0 Å². The minimum atomic E-state index is -0.443. The smallest absolute Gasteiger partial charge is 0.292 e. The molecule has 0 radical (unpaired) electrons. The maximum absolute atomic E-state index is 10.7. The molecule has 2 aromatic rings. The third-order valence-corrected chi connectivity index (χ3v) is 5.18. The normalized spacial score (nSPS) is 10.7. The van der Waals surface area contributed by atoms with Crippen LogP contribution in [0.25, 0.3) is 0 Å². The molecule has 0 bridgehead atoms. The summed E-state index contributed by atoms with van der Waals surface area (Å²) in [7, 11) is 0. The molecule has 8 nitrogen and oxygen atoms in total. The van der Waals surface area contributed by atoms with Gasteiger partial charge in [0.2, 0.25) is 0 Å². The molecule has 0 spiro atoms. The Hall–Kier alpha value is -2.84. The SMILES string of the molecule is CCN(CC)Cc1cccc(N)c1N.CCN(CC)Cc1cccc([N+](=O)[O-])c1N. The van der Waals surface area contributed by atoms with Gasteiger partial charge < -0.3 is 17.2 Å². The van der Waals surface area contributed by atoms with Crippen molar-refractivity contribution in [2.75, 3.05) is 43.4 Å². The van der Waals surface area contributed by atoms with Crippen LogP contribution in [0.4, 0.5) is 22.7 Å². The predicted molar refractivity (Wildman–Crippen MR) is 126 cm³/mol. The van der Waals surface area contributed by atoms with E-state index in [2.05, 4.69) is 37.5 Å². The average molecular weight is 417 g/mol. The topological polar surface area (TPSA) is 128 Å². The minimum Gasteiger partial charge on any atom is -0.397 e. The minimum absolute atomic E-state index is 0.00958. The lowest BCUT2D eigenvalue weighted by Crippen LogP contribution is -2.22. The molecule has 166 valence electrons. The van der Waals surface area contributed by atoms with E-state index in [9.17, 15) is 10.1 Å². The first-order valence-corrected chi connectivity index (χ1v) is 10.4. The molecule has 0 amide bonds. The van der Waals surface area contributed by atoms with Gasteiger partial charge in [0.1, 0.15) is 5.69 Å². The maximum atomic E-state index is 10.7. The van der Waals surface area contributed by atoms with Gasteiger partial charge in [-0.2, -0.15) is 0 Å². The summed E-state index contributed by atoms with van der Waals surface area (Å²) in [6.07, 6.45) is 0. The van der Waals surface area contributed by atoms with Crippen molar-refractivity contribution in [1.82, 2.24) is 9.80 Å². The highest BCUT2D eigenvalue weighted by atomic mass is 16.6. The summed E-state index contributed by atoms with van der Waals surface area (Å²) in [5.74, 6) is 0. The number of hydrogen-bond donors (Lipinski definition) is 3. The molecule has 30 heavy (non-hydrogen) atoms. The highest BCUT2D eigenvalue weighted by Crippen LogP contribution is 2.25. The zero-order chi connectivity index (χ0) is 22.7. The summed E-state index contributed by atoms with van der Waals surface area (Å²) in [5, 5.41) is 10.7. The summed E-state index contributed by atoms with van der Waals surface area (Å²) < 4.78 is 0. The van der Waals surface area contributed by atoms with Crippen molar-refractivity contribution in [2.45, 2.75) is 40.8 Å². The van der Waals surface area contributed by atoms with Gasteiger partial charge in [-0.05, 0) is 43.4 Å². The van der Waals surface area contributed by atoms with Crippen LogP contribution in [-0.4, -0.2) is 40.9 Å². The second-order valence-corrected chi connectivity index (χ2v) is 6.95. The number of nitrogen functional groups attached to an aromatic ring is 3. The summed E-state index contributed by atoms with van der Waals surface area (Å²) in [5.41, 5.74) is 21.0. The molecular formula is C22H36N6O2. The number of nitrogens with two attached hydrogens (primary N) is 3. The quantitative estimate of drug-likeness (QED) is 0.323. The molecule has 6 N–H and O–H groups in total. The number of anilines is 3. The molecule has 0 aromatic heterocycles. The lowest BCUT2D eigenvalue weighted by molar-refractivity contribution is -0.384. The van der Waals surface area contributed by atoms with Crippen molar-refractivity contribution in [3.63, 3.8) is 0 Å². The second-order valence-electron chi connectivity index (χ2n) is 6.95. The Morgan fingerprint density at radius 3 is 1.63 bits per heavy atom. The van der Waals surface area contributed by atoms with Crippen LogP contribution < -0.4 is 17.2 Å². The molecule has 2 rings (SSSR count). The summed E-state index contributed by atoms with van der Waals surface area (Å²) in [6.45, 7) is 13.8. The fourth-order valence-corrected chi connectivity index (χ4v) is 3.04. The Balaban J connectivity index is 0.000000303. The van der Waals surface area contributed by atoms with Crippen LogP contribution in [-0.2, 0) is 13.1 Å². The van der Waals surface area contributed by atoms with Crippen LogP contribution >= 0.6 is 0 Å². The molecule has 0 aliphatic rings. The first-order valence-electron chi connectivity index (χ1n) is 10.4. The number of para-hydroxylation sites is 2. The Morgan fingerprint density at radius 2 is 1.20 bits per heavy atom. The molecule has 0 heterocycles.